The summed E-state index contributed by atoms with van der Waals surface area (Å²) < 4.78 is 0. The van der Waals surface area contributed by atoms with Crippen LogP contribution in [0.15, 0.2) is 72.8 Å². The number of rotatable bonds is 7. The third-order valence-electron chi connectivity index (χ3n) is 5.60. The number of carbonyl (C=O) groups is 1. The van der Waals surface area contributed by atoms with E-state index in [1.807, 2.05) is 34.1 Å². The summed E-state index contributed by atoms with van der Waals surface area (Å²) in [5, 5.41) is 22.3. The van der Waals surface area contributed by atoms with Crippen molar-refractivity contribution < 1.29 is 14.6 Å². The highest BCUT2D eigenvalue weighted by atomic mass is 16.6. The third-order valence-corrected chi connectivity index (χ3v) is 5.60. The van der Waals surface area contributed by atoms with E-state index in [0.29, 0.717) is 12.1 Å². The Labute approximate surface area is 189 Å². The van der Waals surface area contributed by atoms with Gasteiger partial charge in [0.25, 0.3) is 11.4 Å². The third kappa shape index (κ3) is 4.59. The molecule has 1 heterocycles. The van der Waals surface area contributed by atoms with E-state index in [4.69, 9.17) is 5.73 Å². The summed E-state index contributed by atoms with van der Waals surface area (Å²) in [5.74, 6) is -0.529. The first-order valence-electron chi connectivity index (χ1n) is 10.2. The maximum Gasteiger partial charge on any atom is 0.269 e. The van der Waals surface area contributed by atoms with Crippen molar-refractivity contribution in [2.24, 2.45) is 5.73 Å². The highest BCUT2D eigenvalue weighted by Crippen LogP contribution is 2.37. The zero-order valence-electron chi connectivity index (χ0n) is 17.5. The van der Waals surface area contributed by atoms with Crippen LogP contribution in [0, 0.1) is 20.2 Å². The number of primary amides is 1. The molecule has 1 amide bonds. The van der Waals surface area contributed by atoms with Gasteiger partial charge in [-0.2, -0.15) is 0 Å². The lowest BCUT2D eigenvalue weighted by atomic mass is 10.0. The van der Waals surface area contributed by atoms with Crippen molar-refractivity contribution in [3.05, 3.63) is 104 Å². The smallest absolute Gasteiger partial charge is 0.269 e. The van der Waals surface area contributed by atoms with Crippen LogP contribution in [0.2, 0.25) is 0 Å². The number of hydrogen-bond acceptors (Lipinski definition) is 7. The van der Waals surface area contributed by atoms with Crippen LogP contribution in [0.3, 0.4) is 0 Å². The van der Waals surface area contributed by atoms with Gasteiger partial charge in [-0.15, -0.1) is 0 Å². The van der Waals surface area contributed by atoms with Crippen LogP contribution in [0.25, 0.3) is 0 Å². The van der Waals surface area contributed by atoms with Crippen molar-refractivity contribution in [1.82, 2.24) is 0 Å². The van der Waals surface area contributed by atoms with E-state index in [0.717, 1.165) is 16.9 Å². The molecule has 0 bridgehead atoms. The zero-order chi connectivity index (χ0) is 23.5. The molecule has 0 radical (unpaired) electrons. The fourth-order valence-electron chi connectivity index (χ4n) is 4.09. The van der Waals surface area contributed by atoms with Crippen molar-refractivity contribution in [2.75, 3.05) is 16.3 Å². The molecule has 0 aromatic heterocycles. The topological polar surface area (TPSA) is 136 Å². The van der Waals surface area contributed by atoms with Gasteiger partial charge in [0, 0.05) is 43.9 Å². The molecule has 4 rings (SSSR count). The maximum atomic E-state index is 12.4. The van der Waals surface area contributed by atoms with Crippen LogP contribution in [-0.4, -0.2) is 28.3 Å². The highest BCUT2D eigenvalue weighted by Gasteiger charge is 2.34. The van der Waals surface area contributed by atoms with E-state index in [1.165, 1.54) is 24.3 Å². The fourth-order valence-corrected chi connectivity index (χ4v) is 4.09. The molecule has 10 heteroatoms. The summed E-state index contributed by atoms with van der Waals surface area (Å²) in [7, 11) is 0. The minimum Gasteiger partial charge on any atom is -0.368 e. The standard InChI is InChI=1S/C23H21N5O5/c24-23(29)22-15-25(13-16-5-3-7-18(11-16)27(30)31)20-9-1-2-10-21(20)26(22)14-17-6-4-8-19(12-17)28(32)33/h1-12,22H,13-15H2,(H2,24,29). The molecule has 1 aliphatic rings. The van der Waals surface area contributed by atoms with Crippen molar-refractivity contribution in [1.29, 1.82) is 0 Å². The number of amides is 1. The lowest BCUT2D eigenvalue weighted by Gasteiger charge is -2.43. The lowest BCUT2D eigenvalue weighted by molar-refractivity contribution is -0.385. The fraction of sp³-hybridized carbons (Fsp3) is 0.174. The molecular formula is C23H21N5O5. The van der Waals surface area contributed by atoms with Gasteiger partial charge in [-0.05, 0) is 23.3 Å². The first-order chi connectivity index (χ1) is 15.8. The van der Waals surface area contributed by atoms with Gasteiger partial charge >= 0.3 is 0 Å². The number of fused-ring (bicyclic) bond motifs is 1. The van der Waals surface area contributed by atoms with Crippen LogP contribution in [-0.2, 0) is 17.9 Å². The van der Waals surface area contributed by atoms with Crippen molar-refractivity contribution in [2.45, 2.75) is 19.1 Å². The molecule has 1 atom stereocenters. The molecule has 3 aromatic rings. The van der Waals surface area contributed by atoms with Crippen molar-refractivity contribution >= 4 is 28.7 Å². The summed E-state index contributed by atoms with van der Waals surface area (Å²) in [4.78, 5) is 37.7. The Morgan fingerprint density at radius 3 is 1.94 bits per heavy atom. The number of carbonyl (C=O) groups excluding carboxylic acids is 1. The van der Waals surface area contributed by atoms with Crippen LogP contribution in [0.4, 0.5) is 22.7 Å². The number of hydrogen-bond donors (Lipinski definition) is 1. The Hall–Kier alpha value is -4.47. The van der Waals surface area contributed by atoms with E-state index in [-0.39, 0.29) is 24.5 Å². The molecule has 0 aliphatic carbocycles. The van der Waals surface area contributed by atoms with Crippen LogP contribution >= 0.6 is 0 Å². The summed E-state index contributed by atoms with van der Waals surface area (Å²) >= 11 is 0. The molecule has 0 saturated carbocycles. The van der Waals surface area contributed by atoms with E-state index in [2.05, 4.69) is 0 Å². The minimum atomic E-state index is -0.696. The van der Waals surface area contributed by atoms with Gasteiger partial charge in [0.1, 0.15) is 6.04 Å². The Morgan fingerprint density at radius 2 is 1.39 bits per heavy atom. The van der Waals surface area contributed by atoms with E-state index in [1.54, 1.807) is 24.3 Å². The van der Waals surface area contributed by atoms with Crippen molar-refractivity contribution in [3.8, 4) is 0 Å². The van der Waals surface area contributed by atoms with E-state index < -0.39 is 21.8 Å². The Morgan fingerprint density at radius 1 is 0.848 bits per heavy atom. The molecule has 10 nitrogen and oxygen atoms in total. The van der Waals surface area contributed by atoms with Gasteiger partial charge in [-0.3, -0.25) is 25.0 Å². The second kappa shape index (κ2) is 8.95. The van der Waals surface area contributed by atoms with Crippen LogP contribution < -0.4 is 15.5 Å². The number of nitro groups is 2. The monoisotopic (exact) mass is 447 g/mol. The Kier molecular flexibility index (Phi) is 5.90. The SMILES string of the molecule is NC(=O)C1CN(Cc2cccc([N+](=O)[O-])c2)c2ccccc2N1Cc1cccc([N+](=O)[O-])c1. The van der Waals surface area contributed by atoms with E-state index >= 15 is 0 Å². The van der Waals surface area contributed by atoms with Gasteiger partial charge in [-0.1, -0.05) is 36.4 Å². The number of nitro benzene ring substituents is 2. The number of para-hydroxylation sites is 2. The lowest BCUT2D eigenvalue weighted by Crippen LogP contribution is -2.54. The molecule has 3 aromatic carbocycles. The summed E-state index contributed by atoms with van der Waals surface area (Å²) in [6, 6.07) is 19.4. The minimum absolute atomic E-state index is 0.00320. The molecule has 0 fully saturated rings. The molecular weight excluding hydrogens is 426 g/mol. The summed E-state index contributed by atoms with van der Waals surface area (Å²) in [5.41, 5.74) is 8.73. The second-order valence-electron chi connectivity index (χ2n) is 7.77. The van der Waals surface area contributed by atoms with E-state index in [9.17, 15) is 25.0 Å². The largest absolute Gasteiger partial charge is 0.368 e. The van der Waals surface area contributed by atoms with Crippen LogP contribution in [0.5, 0.6) is 0 Å². The number of anilines is 2. The number of non-ortho nitro benzene ring substituents is 2. The number of nitrogens with zero attached hydrogens (tertiary/aromatic N) is 4. The zero-order valence-corrected chi connectivity index (χ0v) is 17.5. The maximum absolute atomic E-state index is 12.4. The number of benzene rings is 3. The van der Waals surface area contributed by atoms with Gasteiger partial charge in [-0.25, -0.2) is 0 Å². The normalized spacial score (nSPS) is 15.1. The molecule has 0 saturated heterocycles. The number of nitrogens with two attached hydrogens (primary N) is 1. The van der Waals surface area contributed by atoms with Crippen molar-refractivity contribution in [3.63, 3.8) is 0 Å². The predicted molar refractivity (Wildman–Crippen MR) is 123 cm³/mol. The van der Waals surface area contributed by atoms with Crippen LogP contribution in [0.1, 0.15) is 11.1 Å². The van der Waals surface area contributed by atoms with Gasteiger partial charge < -0.3 is 15.5 Å². The average Bonchev–Trinajstić information content (AvgIpc) is 2.80. The first-order valence-corrected chi connectivity index (χ1v) is 10.2. The second-order valence-corrected chi connectivity index (χ2v) is 7.77. The molecule has 33 heavy (non-hydrogen) atoms. The van der Waals surface area contributed by atoms with Gasteiger partial charge in [0.05, 0.1) is 21.2 Å². The molecule has 1 aliphatic heterocycles. The first kappa shape index (κ1) is 21.8. The molecule has 1 unspecified atom stereocenters. The average molecular weight is 447 g/mol. The van der Waals surface area contributed by atoms with Gasteiger partial charge in [0.15, 0.2) is 0 Å². The Balaban J connectivity index is 1.69. The summed E-state index contributed by atoms with van der Waals surface area (Å²) in [6.45, 7) is 0.883. The molecule has 168 valence electrons. The quantitative estimate of drug-likeness (QED) is 0.433. The predicted octanol–water partition coefficient (Wildman–Crippen LogP) is 3.38. The van der Waals surface area contributed by atoms with Gasteiger partial charge in [0.2, 0.25) is 5.91 Å². The Bertz CT molecular complexity index is 1230. The highest BCUT2D eigenvalue weighted by molar-refractivity contribution is 5.89. The summed E-state index contributed by atoms with van der Waals surface area (Å²) in [6.07, 6.45) is 0. The molecule has 0 spiro atoms. The molecule has 2 N–H and O–H groups in total.